The van der Waals surface area contributed by atoms with Crippen molar-refractivity contribution >= 4 is 11.9 Å². The molecule has 1 heterocycles. The minimum absolute atomic E-state index is 0.0259. The summed E-state index contributed by atoms with van der Waals surface area (Å²) in [7, 11) is 0. The lowest BCUT2D eigenvalue weighted by atomic mass is 9.72. The van der Waals surface area contributed by atoms with Crippen molar-refractivity contribution in [1.29, 1.82) is 0 Å². The Kier molecular flexibility index (Phi) is 7.38. The highest BCUT2D eigenvalue weighted by atomic mass is 16.5. The Morgan fingerprint density at radius 2 is 0.868 bits per heavy atom. The van der Waals surface area contributed by atoms with Gasteiger partial charge in [-0.1, -0.05) is 97.1 Å². The van der Waals surface area contributed by atoms with Gasteiger partial charge in [-0.3, -0.25) is 9.59 Å². The van der Waals surface area contributed by atoms with Gasteiger partial charge >= 0.3 is 11.9 Å². The molecule has 5 heteroatoms. The fourth-order valence-electron chi connectivity index (χ4n) is 5.54. The van der Waals surface area contributed by atoms with E-state index >= 15 is 0 Å². The topological polar surface area (TPSA) is 83.8 Å². The zero-order chi connectivity index (χ0) is 26.5. The number of hydrogen-bond donors (Lipinski definition) is 2. The molecular formula is C33H30O5. The fourth-order valence-corrected chi connectivity index (χ4v) is 5.54. The van der Waals surface area contributed by atoms with Crippen LogP contribution >= 0.6 is 0 Å². The number of ether oxygens (including phenoxy) is 1. The predicted octanol–water partition coefficient (Wildman–Crippen LogP) is 6.08. The Bertz CT molecular complexity index is 1360. The summed E-state index contributed by atoms with van der Waals surface area (Å²) in [6, 6.07) is 31.9. The summed E-state index contributed by atoms with van der Waals surface area (Å²) in [4.78, 5) is 23.0. The Morgan fingerprint density at radius 3 is 1.18 bits per heavy atom. The van der Waals surface area contributed by atoms with Crippen molar-refractivity contribution in [2.45, 2.75) is 25.7 Å². The normalized spacial score (nSPS) is 14.0. The molecule has 0 spiro atoms. The number of carbonyl (C=O) groups is 2. The first kappa shape index (κ1) is 25.4. The third-order valence-electron chi connectivity index (χ3n) is 7.28. The molecule has 1 fully saturated rings. The molecule has 4 aromatic carbocycles. The molecule has 192 valence electrons. The maximum Gasteiger partial charge on any atom is 0.307 e. The van der Waals surface area contributed by atoms with Crippen LogP contribution in [0.2, 0.25) is 0 Å². The third-order valence-corrected chi connectivity index (χ3v) is 7.28. The molecule has 4 aromatic rings. The number of carboxylic acids is 2. The van der Waals surface area contributed by atoms with E-state index in [2.05, 4.69) is 24.3 Å². The van der Waals surface area contributed by atoms with E-state index in [1.807, 2.05) is 72.8 Å². The lowest BCUT2D eigenvalue weighted by molar-refractivity contribution is -0.137. The summed E-state index contributed by atoms with van der Waals surface area (Å²) in [6.45, 7) is 1.26. The standard InChI is InChI=1S/C33H30O5/c34-31(35)17-23-9-1-5-13-27(23)29-15-7-3-11-25(29)19-33(21-38-22-33)20-26-12-4-8-16-30(26)28-14-6-2-10-24(28)18-32(36)37/h1-16H,17-22H2,(H,34,35)(H,36,37). The van der Waals surface area contributed by atoms with E-state index in [1.165, 1.54) is 0 Å². The number of rotatable bonds is 10. The summed E-state index contributed by atoms with van der Waals surface area (Å²) in [5, 5.41) is 18.9. The maximum absolute atomic E-state index is 11.5. The second-order valence-corrected chi connectivity index (χ2v) is 10.1. The van der Waals surface area contributed by atoms with Gasteiger partial charge in [-0.2, -0.15) is 0 Å². The first-order valence-electron chi connectivity index (χ1n) is 12.8. The molecule has 0 bridgehead atoms. The Labute approximate surface area is 222 Å². The zero-order valence-corrected chi connectivity index (χ0v) is 21.1. The molecule has 1 saturated heterocycles. The number of carboxylic acid groups (broad SMARTS) is 2. The lowest BCUT2D eigenvalue weighted by Crippen LogP contribution is -2.46. The molecule has 0 aromatic heterocycles. The third kappa shape index (κ3) is 5.53. The van der Waals surface area contributed by atoms with Gasteiger partial charge in [0.2, 0.25) is 0 Å². The summed E-state index contributed by atoms with van der Waals surface area (Å²) >= 11 is 0. The molecule has 1 aliphatic rings. The molecule has 0 aliphatic carbocycles. The van der Waals surface area contributed by atoms with Crippen LogP contribution in [0.3, 0.4) is 0 Å². The summed E-state index contributed by atoms with van der Waals surface area (Å²) in [5.41, 5.74) is 7.81. The Morgan fingerprint density at radius 1 is 0.553 bits per heavy atom. The average Bonchev–Trinajstić information content (AvgIpc) is 2.88. The van der Waals surface area contributed by atoms with Gasteiger partial charge in [-0.15, -0.1) is 0 Å². The van der Waals surface area contributed by atoms with Crippen molar-refractivity contribution in [2.75, 3.05) is 13.2 Å². The van der Waals surface area contributed by atoms with Crippen LogP contribution in [0, 0.1) is 5.41 Å². The van der Waals surface area contributed by atoms with Crippen LogP contribution < -0.4 is 0 Å². The molecule has 0 unspecified atom stereocenters. The molecule has 0 radical (unpaired) electrons. The van der Waals surface area contributed by atoms with Crippen LogP contribution in [0.25, 0.3) is 22.3 Å². The molecule has 2 N–H and O–H groups in total. The van der Waals surface area contributed by atoms with Crippen LogP contribution in [0.4, 0.5) is 0 Å². The number of benzene rings is 4. The fraction of sp³-hybridized carbons (Fsp3) is 0.212. The molecule has 5 rings (SSSR count). The number of hydrogen-bond acceptors (Lipinski definition) is 3. The SMILES string of the molecule is O=C(O)Cc1ccccc1-c1ccccc1CC1(Cc2ccccc2-c2ccccc2CC(=O)O)COC1. The predicted molar refractivity (Wildman–Crippen MR) is 147 cm³/mol. The van der Waals surface area contributed by atoms with Gasteiger partial charge < -0.3 is 14.9 Å². The molecule has 5 nitrogen and oxygen atoms in total. The maximum atomic E-state index is 11.5. The van der Waals surface area contributed by atoms with Crippen LogP contribution in [-0.4, -0.2) is 35.4 Å². The molecule has 1 aliphatic heterocycles. The smallest absolute Gasteiger partial charge is 0.307 e. The summed E-state index contributed by atoms with van der Waals surface area (Å²) in [6.07, 6.45) is 1.52. The molecule has 0 amide bonds. The highest BCUT2D eigenvalue weighted by molar-refractivity contribution is 5.79. The highest BCUT2D eigenvalue weighted by Crippen LogP contribution is 2.41. The van der Waals surface area contributed by atoms with Crippen LogP contribution in [0.5, 0.6) is 0 Å². The Balaban J connectivity index is 1.49. The summed E-state index contributed by atoms with van der Waals surface area (Å²) < 4.78 is 5.77. The molecule has 0 atom stereocenters. The lowest BCUT2D eigenvalue weighted by Gasteiger charge is -2.43. The van der Waals surface area contributed by atoms with Crippen LogP contribution in [0.15, 0.2) is 97.1 Å². The second kappa shape index (κ2) is 11.0. The van der Waals surface area contributed by atoms with Gasteiger partial charge in [-0.05, 0) is 57.3 Å². The van der Waals surface area contributed by atoms with Crippen LogP contribution in [0.1, 0.15) is 22.3 Å². The van der Waals surface area contributed by atoms with Gasteiger partial charge in [0.05, 0.1) is 26.1 Å². The monoisotopic (exact) mass is 506 g/mol. The van der Waals surface area contributed by atoms with E-state index in [0.717, 1.165) is 57.3 Å². The van der Waals surface area contributed by atoms with Crippen molar-refractivity contribution in [2.24, 2.45) is 5.41 Å². The largest absolute Gasteiger partial charge is 0.481 e. The molecule has 0 saturated carbocycles. The average molecular weight is 507 g/mol. The summed E-state index contributed by atoms with van der Waals surface area (Å²) in [5.74, 6) is -1.70. The van der Waals surface area contributed by atoms with Crippen molar-refractivity contribution < 1.29 is 24.5 Å². The van der Waals surface area contributed by atoms with Crippen molar-refractivity contribution in [3.05, 3.63) is 119 Å². The number of aliphatic carboxylic acids is 2. The zero-order valence-electron chi connectivity index (χ0n) is 21.1. The minimum atomic E-state index is -0.849. The van der Waals surface area contributed by atoms with Crippen molar-refractivity contribution in [1.82, 2.24) is 0 Å². The van der Waals surface area contributed by atoms with Crippen molar-refractivity contribution in [3.63, 3.8) is 0 Å². The molecule has 38 heavy (non-hydrogen) atoms. The first-order valence-corrected chi connectivity index (χ1v) is 12.8. The van der Waals surface area contributed by atoms with E-state index in [9.17, 15) is 19.8 Å². The van der Waals surface area contributed by atoms with E-state index in [1.54, 1.807) is 0 Å². The van der Waals surface area contributed by atoms with Gasteiger partial charge in [-0.25, -0.2) is 0 Å². The van der Waals surface area contributed by atoms with E-state index in [-0.39, 0.29) is 18.3 Å². The second-order valence-electron chi connectivity index (χ2n) is 10.1. The quantitative estimate of drug-likeness (QED) is 0.272. The van der Waals surface area contributed by atoms with Gasteiger partial charge in [0.1, 0.15) is 0 Å². The minimum Gasteiger partial charge on any atom is -0.481 e. The highest BCUT2D eigenvalue weighted by Gasteiger charge is 2.40. The Hall–Kier alpha value is -4.22. The van der Waals surface area contributed by atoms with Crippen molar-refractivity contribution in [3.8, 4) is 22.3 Å². The van der Waals surface area contributed by atoms with Crippen LogP contribution in [-0.2, 0) is 40.0 Å². The van der Waals surface area contributed by atoms with E-state index in [0.29, 0.717) is 13.2 Å². The molecular weight excluding hydrogens is 476 g/mol. The van der Waals surface area contributed by atoms with E-state index in [4.69, 9.17) is 4.74 Å². The van der Waals surface area contributed by atoms with Gasteiger partial charge in [0.25, 0.3) is 0 Å². The van der Waals surface area contributed by atoms with Gasteiger partial charge in [0, 0.05) is 5.41 Å². The van der Waals surface area contributed by atoms with Gasteiger partial charge in [0.15, 0.2) is 0 Å². The van der Waals surface area contributed by atoms with E-state index < -0.39 is 11.9 Å². The first-order chi connectivity index (χ1) is 18.4.